The van der Waals surface area contributed by atoms with Gasteiger partial charge in [-0.15, -0.1) is 12.4 Å². The maximum absolute atomic E-state index is 9.66. The molecule has 102 valence electrons. The van der Waals surface area contributed by atoms with E-state index in [0.717, 1.165) is 30.7 Å². The molecule has 0 spiro atoms. The molecule has 1 heterocycles. The van der Waals surface area contributed by atoms with E-state index in [2.05, 4.69) is 51.7 Å². The standard InChI is InChI=1S/C13H19BrN2O.ClH/c1-9-2-3-10(4-12(9)14)5-15-6-11-7-16-8-13(11)17;/h2-4,11,13,15-17H,5-8H2,1H3;1H. The first-order valence-corrected chi connectivity index (χ1v) is 6.80. The predicted molar refractivity (Wildman–Crippen MR) is 80.2 cm³/mol. The van der Waals surface area contributed by atoms with E-state index in [9.17, 15) is 5.11 Å². The van der Waals surface area contributed by atoms with Gasteiger partial charge in [0.1, 0.15) is 0 Å². The largest absolute Gasteiger partial charge is 0.391 e. The predicted octanol–water partition coefficient (Wildman–Crippen LogP) is 1.85. The number of rotatable bonds is 4. The minimum absolute atomic E-state index is 0. The molecule has 3 nitrogen and oxygen atoms in total. The van der Waals surface area contributed by atoms with E-state index in [-0.39, 0.29) is 18.5 Å². The molecule has 0 aromatic heterocycles. The summed E-state index contributed by atoms with van der Waals surface area (Å²) in [5.41, 5.74) is 2.52. The third-order valence-corrected chi connectivity index (χ3v) is 4.13. The lowest BCUT2D eigenvalue weighted by atomic mass is 10.1. The second-order valence-electron chi connectivity index (χ2n) is 4.70. The Hall–Kier alpha value is -0.130. The highest BCUT2D eigenvalue weighted by Gasteiger charge is 2.23. The minimum Gasteiger partial charge on any atom is -0.391 e. The molecule has 1 fully saturated rings. The third-order valence-electron chi connectivity index (χ3n) is 3.28. The number of aliphatic hydroxyl groups excluding tert-OH is 1. The number of hydrogen-bond acceptors (Lipinski definition) is 3. The fraction of sp³-hybridized carbons (Fsp3) is 0.538. The van der Waals surface area contributed by atoms with Crippen molar-refractivity contribution in [2.24, 2.45) is 5.92 Å². The SMILES string of the molecule is Cc1ccc(CNCC2CNCC2O)cc1Br.Cl. The second-order valence-corrected chi connectivity index (χ2v) is 5.55. The fourth-order valence-corrected chi connectivity index (χ4v) is 2.50. The summed E-state index contributed by atoms with van der Waals surface area (Å²) in [6, 6.07) is 6.40. The lowest BCUT2D eigenvalue weighted by Gasteiger charge is -2.14. The van der Waals surface area contributed by atoms with Crippen LogP contribution in [0.4, 0.5) is 0 Å². The molecule has 0 radical (unpaired) electrons. The summed E-state index contributed by atoms with van der Waals surface area (Å²) in [4.78, 5) is 0. The Bertz CT molecular complexity index is 389. The van der Waals surface area contributed by atoms with Gasteiger partial charge < -0.3 is 15.7 Å². The number of aryl methyl sites for hydroxylation is 1. The number of nitrogens with one attached hydrogen (secondary N) is 2. The van der Waals surface area contributed by atoms with Crippen LogP contribution in [0.15, 0.2) is 22.7 Å². The van der Waals surface area contributed by atoms with Gasteiger partial charge in [0, 0.05) is 36.6 Å². The summed E-state index contributed by atoms with van der Waals surface area (Å²) in [5.74, 6) is 0.337. The van der Waals surface area contributed by atoms with Crippen LogP contribution < -0.4 is 10.6 Å². The first-order chi connectivity index (χ1) is 8.16. The van der Waals surface area contributed by atoms with Gasteiger partial charge in [-0.05, 0) is 24.1 Å². The summed E-state index contributed by atoms with van der Waals surface area (Å²) < 4.78 is 1.15. The maximum atomic E-state index is 9.66. The zero-order chi connectivity index (χ0) is 12.3. The zero-order valence-corrected chi connectivity index (χ0v) is 12.9. The minimum atomic E-state index is -0.202. The molecule has 0 bridgehead atoms. The molecule has 3 N–H and O–H groups in total. The molecule has 2 unspecified atom stereocenters. The average molecular weight is 336 g/mol. The van der Waals surface area contributed by atoms with Crippen molar-refractivity contribution in [3.05, 3.63) is 33.8 Å². The smallest absolute Gasteiger partial charge is 0.0716 e. The molecule has 1 aromatic carbocycles. The quantitative estimate of drug-likeness (QED) is 0.787. The van der Waals surface area contributed by atoms with Crippen molar-refractivity contribution in [2.45, 2.75) is 19.6 Å². The van der Waals surface area contributed by atoms with Crippen LogP contribution in [0.5, 0.6) is 0 Å². The van der Waals surface area contributed by atoms with Gasteiger partial charge in [-0.2, -0.15) is 0 Å². The van der Waals surface area contributed by atoms with E-state index in [0.29, 0.717) is 5.92 Å². The molecule has 0 saturated carbocycles. The molecule has 1 saturated heterocycles. The summed E-state index contributed by atoms with van der Waals surface area (Å²) in [5, 5.41) is 16.2. The van der Waals surface area contributed by atoms with E-state index in [4.69, 9.17) is 0 Å². The van der Waals surface area contributed by atoms with Crippen LogP contribution >= 0.6 is 28.3 Å². The van der Waals surface area contributed by atoms with Gasteiger partial charge in [0.05, 0.1) is 6.10 Å². The molecule has 1 aliphatic heterocycles. The van der Waals surface area contributed by atoms with Gasteiger partial charge in [-0.25, -0.2) is 0 Å². The molecule has 1 aromatic rings. The number of halogens is 2. The number of aliphatic hydroxyl groups is 1. The second kappa shape index (κ2) is 7.46. The van der Waals surface area contributed by atoms with Crippen molar-refractivity contribution in [3.63, 3.8) is 0 Å². The van der Waals surface area contributed by atoms with Crippen molar-refractivity contribution in [2.75, 3.05) is 19.6 Å². The maximum Gasteiger partial charge on any atom is 0.0716 e. The van der Waals surface area contributed by atoms with Crippen LogP contribution in [0.2, 0.25) is 0 Å². The Morgan fingerprint density at radius 3 is 2.83 bits per heavy atom. The summed E-state index contributed by atoms with van der Waals surface area (Å²) in [6.07, 6.45) is -0.202. The highest BCUT2D eigenvalue weighted by molar-refractivity contribution is 9.10. The topological polar surface area (TPSA) is 44.3 Å². The van der Waals surface area contributed by atoms with E-state index in [1.54, 1.807) is 0 Å². The van der Waals surface area contributed by atoms with Gasteiger partial charge in [0.15, 0.2) is 0 Å². The zero-order valence-electron chi connectivity index (χ0n) is 10.4. The summed E-state index contributed by atoms with van der Waals surface area (Å²) in [6.45, 7) is 5.43. The van der Waals surface area contributed by atoms with Crippen molar-refractivity contribution >= 4 is 28.3 Å². The lowest BCUT2D eigenvalue weighted by molar-refractivity contribution is 0.146. The van der Waals surface area contributed by atoms with Gasteiger partial charge in [0.2, 0.25) is 0 Å². The Morgan fingerprint density at radius 1 is 1.44 bits per heavy atom. The normalized spacial score (nSPS) is 22.8. The Morgan fingerprint density at radius 2 is 2.22 bits per heavy atom. The summed E-state index contributed by atoms with van der Waals surface area (Å²) in [7, 11) is 0. The van der Waals surface area contributed by atoms with E-state index >= 15 is 0 Å². The Balaban J connectivity index is 0.00000162. The first-order valence-electron chi connectivity index (χ1n) is 6.01. The molecular weight excluding hydrogens is 316 g/mol. The third kappa shape index (κ3) is 4.21. The lowest BCUT2D eigenvalue weighted by Crippen LogP contribution is -2.30. The Kier molecular flexibility index (Phi) is 6.60. The number of hydrogen-bond donors (Lipinski definition) is 3. The average Bonchev–Trinajstić information content (AvgIpc) is 2.70. The van der Waals surface area contributed by atoms with Crippen LogP contribution in [0.1, 0.15) is 11.1 Å². The van der Waals surface area contributed by atoms with Crippen molar-refractivity contribution in [3.8, 4) is 0 Å². The molecule has 5 heteroatoms. The molecule has 0 aliphatic carbocycles. The monoisotopic (exact) mass is 334 g/mol. The Labute approximate surface area is 123 Å². The van der Waals surface area contributed by atoms with Crippen LogP contribution in [0, 0.1) is 12.8 Å². The van der Waals surface area contributed by atoms with Crippen molar-refractivity contribution in [1.29, 1.82) is 0 Å². The molecule has 0 amide bonds. The van der Waals surface area contributed by atoms with Gasteiger partial charge in [-0.1, -0.05) is 28.1 Å². The molecule has 2 atom stereocenters. The van der Waals surface area contributed by atoms with Crippen molar-refractivity contribution in [1.82, 2.24) is 10.6 Å². The van der Waals surface area contributed by atoms with Crippen LogP contribution in [-0.2, 0) is 6.54 Å². The van der Waals surface area contributed by atoms with Gasteiger partial charge in [0.25, 0.3) is 0 Å². The highest BCUT2D eigenvalue weighted by Crippen LogP contribution is 2.17. The first kappa shape index (κ1) is 15.9. The molecule has 18 heavy (non-hydrogen) atoms. The van der Waals surface area contributed by atoms with Crippen LogP contribution in [0.3, 0.4) is 0 Å². The highest BCUT2D eigenvalue weighted by atomic mass is 79.9. The van der Waals surface area contributed by atoms with Crippen LogP contribution in [-0.4, -0.2) is 30.8 Å². The summed E-state index contributed by atoms with van der Waals surface area (Å²) >= 11 is 3.54. The molecule has 2 rings (SSSR count). The van der Waals surface area contributed by atoms with Crippen LogP contribution in [0.25, 0.3) is 0 Å². The molecule has 1 aliphatic rings. The van der Waals surface area contributed by atoms with E-state index in [1.165, 1.54) is 11.1 Å². The molecular formula is C13H20BrClN2O. The number of benzene rings is 1. The van der Waals surface area contributed by atoms with Gasteiger partial charge >= 0.3 is 0 Å². The van der Waals surface area contributed by atoms with Gasteiger partial charge in [-0.3, -0.25) is 0 Å². The van der Waals surface area contributed by atoms with E-state index < -0.39 is 0 Å². The fourth-order valence-electron chi connectivity index (χ4n) is 2.08. The van der Waals surface area contributed by atoms with E-state index in [1.807, 2.05) is 0 Å². The number of β-amino-alcohol motifs (C(OH)–C–C–N with tert-alkyl or cyclic N) is 1. The van der Waals surface area contributed by atoms with Crippen molar-refractivity contribution < 1.29 is 5.11 Å².